The summed E-state index contributed by atoms with van der Waals surface area (Å²) in [5.41, 5.74) is 3.09. The second-order valence-corrected chi connectivity index (χ2v) is 3.83. The quantitative estimate of drug-likeness (QED) is 0.748. The monoisotopic (exact) mass is 211 g/mol. The number of carbonyl (C=O) groups excluding carboxylic acids is 1. The van der Waals surface area contributed by atoms with Crippen molar-refractivity contribution in [2.24, 2.45) is 0 Å². The third kappa shape index (κ3) is 2.48. The van der Waals surface area contributed by atoms with Crippen LogP contribution in [0.2, 0.25) is 0 Å². The molecular formula is C11H14ClNO. The number of aryl methyl sites for hydroxylation is 2. The van der Waals surface area contributed by atoms with E-state index < -0.39 is 5.38 Å². The summed E-state index contributed by atoms with van der Waals surface area (Å²) < 4.78 is 0. The van der Waals surface area contributed by atoms with Crippen molar-refractivity contribution in [3.63, 3.8) is 0 Å². The maximum atomic E-state index is 11.3. The van der Waals surface area contributed by atoms with E-state index in [4.69, 9.17) is 11.6 Å². The fraction of sp³-hybridized carbons (Fsp3) is 0.364. The highest BCUT2D eigenvalue weighted by molar-refractivity contribution is 6.30. The molecule has 76 valence electrons. The zero-order valence-corrected chi connectivity index (χ0v) is 9.35. The van der Waals surface area contributed by atoms with Crippen LogP contribution in [0.15, 0.2) is 18.2 Å². The molecule has 0 aliphatic heterocycles. The first-order valence-corrected chi connectivity index (χ1v) is 4.92. The van der Waals surface area contributed by atoms with Gasteiger partial charge in [0.1, 0.15) is 5.38 Å². The number of carbonyl (C=O) groups is 1. The molecule has 0 aliphatic rings. The maximum Gasteiger partial charge on any atom is 0.242 e. The van der Waals surface area contributed by atoms with E-state index in [1.807, 2.05) is 26.0 Å². The minimum absolute atomic E-state index is 0.170. The molecule has 3 heteroatoms. The Labute approximate surface area is 89.3 Å². The fourth-order valence-electron chi connectivity index (χ4n) is 1.43. The topological polar surface area (TPSA) is 29.1 Å². The zero-order valence-electron chi connectivity index (χ0n) is 8.60. The average molecular weight is 212 g/mol. The lowest BCUT2D eigenvalue weighted by molar-refractivity contribution is -0.120. The molecule has 1 atom stereocenters. The highest BCUT2D eigenvalue weighted by Crippen LogP contribution is 2.22. The molecule has 0 heterocycles. The SMILES string of the molecule is CNC(=O)C(Cl)c1cc(C)cc(C)c1. The molecule has 1 aromatic rings. The predicted molar refractivity (Wildman–Crippen MR) is 58.6 cm³/mol. The first kappa shape index (κ1) is 11.1. The van der Waals surface area contributed by atoms with Gasteiger partial charge >= 0.3 is 0 Å². The molecule has 0 aliphatic carbocycles. The molecule has 1 N–H and O–H groups in total. The predicted octanol–water partition coefficient (Wildman–Crippen LogP) is 2.33. The van der Waals surface area contributed by atoms with Crippen LogP contribution in [0, 0.1) is 13.8 Å². The van der Waals surface area contributed by atoms with Gasteiger partial charge in [0.2, 0.25) is 5.91 Å². The lowest BCUT2D eigenvalue weighted by Gasteiger charge is -2.10. The standard InChI is InChI=1S/C11H14ClNO/c1-7-4-8(2)6-9(5-7)10(12)11(14)13-3/h4-6,10H,1-3H3,(H,13,14). The van der Waals surface area contributed by atoms with Crippen molar-refractivity contribution in [1.29, 1.82) is 0 Å². The third-order valence-electron chi connectivity index (χ3n) is 2.01. The van der Waals surface area contributed by atoms with E-state index in [0.717, 1.165) is 16.7 Å². The molecule has 1 unspecified atom stereocenters. The van der Waals surface area contributed by atoms with Crippen LogP contribution in [0.4, 0.5) is 0 Å². The minimum atomic E-state index is -0.599. The molecule has 1 amide bonds. The number of hydrogen-bond acceptors (Lipinski definition) is 1. The Morgan fingerprint density at radius 1 is 1.29 bits per heavy atom. The Balaban J connectivity index is 3.00. The first-order chi connectivity index (χ1) is 6.54. The summed E-state index contributed by atoms with van der Waals surface area (Å²) in [4.78, 5) is 11.3. The van der Waals surface area contributed by atoms with Crippen molar-refractivity contribution in [3.8, 4) is 0 Å². The van der Waals surface area contributed by atoms with Gasteiger partial charge in [-0.15, -0.1) is 11.6 Å². The Morgan fingerprint density at radius 2 is 1.79 bits per heavy atom. The molecule has 14 heavy (non-hydrogen) atoms. The van der Waals surface area contributed by atoms with Gasteiger partial charge in [-0.05, 0) is 19.4 Å². The van der Waals surface area contributed by atoms with Crippen LogP contribution in [0.1, 0.15) is 22.1 Å². The summed E-state index contributed by atoms with van der Waals surface area (Å²) >= 11 is 5.99. The minimum Gasteiger partial charge on any atom is -0.358 e. The maximum absolute atomic E-state index is 11.3. The van der Waals surface area contributed by atoms with Crippen molar-refractivity contribution < 1.29 is 4.79 Å². The molecule has 0 spiro atoms. The van der Waals surface area contributed by atoms with Crippen molar-refractivity contribution in [1.82, 2.24) is 5.32 Å². The van der Waals surface area contributed by atoms with Crippen LogP contribution in [-0.4, -0.2) is 13.0 Å². The van der Waals surface area contributed by atoms with Gasteiger partial charge in [0.15, 0.2) is 0 Å². The van der Waals surface area contributed by atoms with E-state index >= 15 is 0 Å². The molecule has 0 fully saturated rings. The summed E-state index contributed by atoms with van der Waals surface area (Å²) in [6.07, 6.45) is 0. The number of likely N-dealkylation sites (N-methyl/N-ethyl adjacent to an activating group) is 1. The molecule has 0 bridgehead atoms. The summed E-state index contributed by atoms with van der Waals surface area (Å²) in [6.45, 7) is 3.98. The zero-order chi connectivity index (χ0) is 10.7. The Hall–Kier alpha value is -1.02. The van der Waals surface area contributed by atoms with Gasteiger partial charge in [0.05, 0.1) is 0 Å². The fourth-order valence-corrected chi connectivity index (χ4v) is 1.67. The average Bonchev–Trinajstić information content (AvgIpc) is 2.14. The summed E-state index contributed by atoms with van der Waals surface area (Å²) in [5, 5.41) is 1.93. The summed E-state index contributed by atoms with van der Waals surface area (Å²) in [6, 6.07) is 5.91. The van der Waals surface area contributed by atoms with Gasteiger partial charge in [0, 0.05) is 7.05 Å². The van der Waals surface area contributed by atoms with E-state index in [2.05, 4.69) is 11.4 Å². The Morgan fingerprint density at radius 3 is 2.21 bits per heavy atom. The number of rotatable bonds is 2. The summed E-state index contributed by atoms with van der Waals surface area (Å²) in [5.74, 6) is -0.170. The molecular weight excluding hydrogens is 198 g/mol. The molecule has 0 radical (unpaired) electrons. The Bertz CT molecular complexity index is 329. The van der Waals surface area contributed by atoms with Crippen LogP contribution in [-0.2, 0) is 4.79 Å². The Kier molecular flexibility index (Phi) is 3.53. The van der Waals surface area contributed by atoms with E-state index in [0.29, 0.717) is 0 Å². The highest BCUT2D eigenvalue weighted by atomic mass is 35.5. The van der Waals surface area contributed by atoms with E-state index in [1.54, 1.807) is 7.05 Å². The second kappa shape index (κ2) is 4.47. The third-order valence-corrected chi connectivity index (χ3v) is 2.46. The number of alkyl halides is 1. The summed E-state index contributed by atoms with van der Waals surface area (Å²) in [7, 11) is 1.58. The number of nitrogens with one attached hydrogen (secondary N) is 1. The normalized spacial score (nSPS) is 12.3. The van der Waals surface area contributed by atoms with Gasteiger partial charge in [-0.1, -0.05) is 29.3 Å². The van der Waals surface area contributed by atoms with Crippen molar-refractivity contribution in [2.45, 2.75) is 19.2 Å². The molecule has 0 saturated carbocycles. The van der Waals surface area contributed by atoms with Crippen molar-refractivity contribution >= 4 is 17.5 Å². The van der Waals surface area contributed by atoms with Gasteiger partial charge < -0.3 is 5.32 Å². The van der Waals surface area contributed by atoms with Crippen LogP contribution < -0.4 is 5.32 Å². The van der Waals surface area contributed by atoms with E-state index in [1.165, 1.54) is 0 Å². The first-order valence-electron chi connectivity index (χ1n) is 4.48. The van der Waals surface area contributed by atoms with E-state index in [-0.39, 0.29) is 5.91 Å². The number of amides is 1. The van der Waals surface area contributed by atoms with Crippen LogP contribution in [0.3, 0.4) is 0 Å². The van der Waals surface area contributed by atoms with Gasteiger partial charge in [0.25, 0.3) is 0 Å². The number of halogens is 1. The molecule has 0 aromatic heterocycles. The second-order valence-electron chi connectivity index (χ2n) is 3.40. The number of hydrogen-bond donors (Lipinski definition) is 1. The lowest BCUT2D eigenvalue weighted by atomic mass is 10.0. The van der Waals surface area contributed by atoms with E-state index in [9.17, 15) is 4.79 Å². The lowest BCUT2D eigenvalue weighted by Crippen LogP contribution is -2.22. The molecule has 1 rings (SSSR count). The molecule has 1 aromatic carbocycles. The largest absolute Gasteiger partial charge is 0.358 e. The van der Waals surface area contributed by atoms with Gasteiger partial charge in [-0.25, -0.2) is 0 Å². The number of benzene rings is 1. The van der Waals surface area contributed by atoms with Crippen LogP contribution in [0.25, 0.3) is 0 Å². The highest BCUT2D eigenvalue weighted by Gasteiger charge is 2.16. The molecule has 2 nitrogen and oxygen atoms in total. The van der Waals surface area contributed by atoms with Crippen molar-refractivity contribution in [3.05, 3.63) is 34.9 Å². The van der Waals surface area contributed by atoms with Crippen LogP contribution in [0.5, 0.6) is 0 Å². The smallest absolute Gasteiger partial charge is 0.242 e. The van der Waals surface area contributed by atoms with Gasteiger partial charge in [-0.3, -0.25) is 4.79 Å². The van der Waals surface area contributed by atoms with Crippen LogP contribution >= 0.6 is 11.6 Å². The molecule has 0 saturated heterocycles. The van der Waals surface area contributed by atoms with Gasteiger partial charge in [-0.2, -0.15) is 0 Å². The van der Waals surface area contributed by atoms with Crippen molar-refractivity contribution in [2.75, 3.05) is 7.05 Å².